The molecule has 0 unspecified atom stereocenters. The number of rotatable bonds is 2. The molecule has 0 heterocycles. The normalized spacial score (nSPS) is 25.5. The summed E-state index contributed by atoms with van der Waals surface area (Å²) in [6, 6.07) is 21.6. The maximum Gasteiger partial charge on any atom is 0.0379 e. The fourth-order valence-electron chi connectivity index (χ4n) is 2.87. The second-order valence-corrected chi connectivity index (χ2v) is 6.76. The fraction of sp³-hybridized carbons (Fsp3) is 0.250. The zero-order valence-corrected chi connectivity index (χ0v) is 11.4. The van der Waals surface area contributed by atoms with E-state index in [0.717, 1.165) is 6.42 Å². The monoisotopic (exact) mass is 286 g/mol. The third kappa shape index (κ3) is 1.56. The van der Waals surface area contributed by atoms with Crippen LogP contribution in [-0.2, 0) is 5.41 Å². The molecule has 0 spiro atoms. The van der Waals surface area contributed by atoms with Gasteiger partial charge in [0, 0.05) is 9.74 Å². The quantitative estimate of drug-likeness (QED) is 0.712. The Bertz CT molecular complexity index is 474. The Kier molecular flexibility index (Phi) is 2.41. The summed E-state index contributed by atoms with van der Waals surface area (Å²) in [5, 5.41) is 0. The summed E-state index contributed by atoms with van der Waals surface area (Å²) in [6.45, 7) is 2.28. The van der Waals surface area contributed by atoms with E-state index in [4.69, 9.17) is 0 Å². The molecule has 0 N–H and O–H groups in total. The molecule has 1 fully saturated rings. The summed E-state index contributed by atoms with van der Waals surface area (Å²) in [5.74, 6) is 0. The number of benzene rings is 2. The Morgan fingerprint density at radius 3 is 1.47 bits per heavy atom. The Balaban J connectivity index is 2.15. The standard InChI is InChI=1S/C16H15Br/c1-15(17)12-16(15,13-8-4-2-5-9-13)14-10-6-3-7-11-14/h2-11H,12H2,1H3/t15-/m1/s1. The highest BCUT2D eigenvalue weighted by molar-refractivity contribution is 9.10. The Labute approximate surface area is 111 Å². The highest BCUT2D eigenvalue weighted by atomic mass is 79.9. The summed E-state index contributed by atoms with van der Waals surface area (Å²) in [4.78, 5) is 0. The van der Waals surface area contributed by atoms with Crippen molar-refractivity contribution < 1.29 is 0 Å². The van der Waals surface area contributed by atoms with E-state index in [1.54, 1.807) is 0 Å². The van der Waals surface area contributed by atoms with Gasteiger partial charge in [-0.15, -0.1) is 0 Å². The van der Waals surface area contributed by atoms with Crippen molar-refractivity contribution in [2.45, 2.75) is 23.1 Å². The van der Waals surface area contributed by atoms with Crippen LogP contribution in [0.3, 0.4) is 0 Å². The Morgan fingerprint density at radius 2 is 1.18 bits per heavy atom. The number of halogens is 1. The van der Waals surface area contributed by atoms with Gasteiger partial charge in [0.2, 0.25) is 0 Å². The fourth-order valence-corrected chi connectivity index (χ4v) is 3.75. The van der Waals surface area contributed by atoms with E-state index in [1.807, 2.05) is 0 Å². The Morgan fingerprint density at radius 1 is 0.824 bits per heavy atom. The van der Waals surface area contributed by atoms with Gasteiger partial charge in [0.25, 0.3) is 0 Å². The van der Waals surface area contributed by atoms with Crippen LogP contribution < -0.4 is 0 Å². The van der Waals surface area contributed by atoms with E-state index in [-0.39, 0.29) is 9.74 Å². The van der Waals surface area contributed by atoms with Gasteiger partial charge in [0.15, 0.2) is 0 Å². The molecule has 0 aliphatic heterocycles. The van der Waals surface area contributed by atoms with Gasteiger partial charge < -0.3 is 0 Å². The van der Waals surface area contributed by atoms with Crippen molar-refractivity contribution in [3.05, 3.63) is 71.8 Å². The first kappa shape index (κ1) is 11.0. The van der Waals surface area contributed by atoms with Gasteiger partial charge in [-0.25, -0.2) is 0 Å². The minimum absolute atomic E-state index is 0.148. The van der Waals surface area contributed by atoms with E-state index in [9.17, 15) is 0 Å². The smallest absolute Gasteiger partial charge is 0.0379 e. The van der Waals surface area contributed by atoms with Crippen LogP contribution in [0.5, 0.6) is 0 Å². The number of alkyl halides is 1. The van der Waals surface area contributed by atoms with Crippen molar-refractivity contribution in [1.29, 1.82) is 0 Å². The molecule has 0 nitrogen and oxygen atoms in total. The summed E-state index contributed by atoms with van der Waals surface area (Å²) >= 11 is 3.88. The largest absolute Gasteiger partial charge is 0.0842 e. The third-order valence-electron chi connectivity index (χ3n) is 3.90. The lowest BCUT2D eigenvalue weighted by atomic mass is 9.86. The molecule has 2 aromatic rings. The SMILES string of the molecule is C[C@@]1(Br)CC1(c1ccccc1)c1ccccc1. The lowest BCUT2D eigenvalue weighted by Crippen LogP contribution is -2.17. The van der Waals surface area contributed by atoms with Gasteiger partial charge in [0.05, 0.1) is 0 Å². The van der Waals surface area contributed by atoms with E-state index in [2.05, 4.69) is 83.5 Å². The minimum Gasteiger partial charge on any atom is -0.0842 e. The predicted molar refractivity (Wildman–Crippen MR) is 75.6 cm³/mol. The van der Waals surface area contributed by atoms with Gasteiger partial charge >= 0.3 is 0 Å². The van der Waals surface area contributed by atoms with Gasteiger partial charge in [-0.3, -0.25) is 0 Å². The first-order valence-corrected chi connectivity index (χ1v) is 6.76. The van der Waals surface area contributed by atoms with Crippen molar-refractivity contribution >= 4 is 15.9 Å². The summed E-state index contributed by atoms with van der Waals surface area (Å²) in [6.07, 6.45) is 1.16. The molecule has 1 aliphatic carbocycles. The van der Waals surface area contributed by atoms with Crippen molar-refractivity contribution in [1.82, 2.24) is 0 Å². The molecule has 2 aromatic carbocycles. The third-order valence-corrected chi connectivity index (χ3v) is 4.85. The minimum atomic E-state index is 0.148. The van der Waals surface area contributed by atoms with E-state index >= 15 is 0 Å². The van der Waals surface area contributed by atoms with E-state index in [0.29, 0.717) is 0 Å². The molecule has 1 aliphatic rings. The lowest BCUT2D eigenvalue weighted by molar-refractivity contribution is 0.788. The highest BCUT2D eigenvalue weighted by Crippen LogP contribution is 2.66. The first-order valence-electron chi connectivity index (χ1n) is 5.97. The molecule has 0 bridgehead atoms. The molecule has 17 heavy (non-hydrogen) atoms. The zero-order valence-electron chi connectivity index (χ0n) is 9.86. The summed E-state index contributed by atoms with van der Waals surface area (Å²) in [5.41, 5.74) is 2.96. The van der Waals surface area contributed by atoms with Crippen LogP contribution >= 0.6 is 15.9 Å². The molecule has 1 heteroatoms. The molecule has 0 amide bonds. The van der Waals surface area contributed by atoms with Crippen LogP contribution in [0, 0.1) is 0 Å². The molecule has 1 saturated carbocycles. The first-order chi connectivity index (χ1) is 8.17. The van der Waals surface area contributed by atoms with Crippen LogP contribution in [0.15, 0.2) is 60.7 Å². The van der Waals surface area contributed by atoms with Crippen LogP contribution in [0.1, 0.15) is 24.5 Å². The summed E-state index contributed by atoms with van der Waals surface area (Å²) in [7, 11) is 0. The van der Waals surface area contributed by atoms with E-state index in [1.165, 1.54) is 11.1 Å². The van der Waals surface area contributed by atoms with Crippen LogP contribution in [-0.4, -0.2) is 4.32 Å². The van der Waals surface area contributed by atoms with E-state index < -0.39 is 0 Å². The lowest BCUT2D eigenvalue weighted by Gasteiger charge is -2.20. The highest BCUT2D eigenvalue weighted by Gasteiger charge is 2.64. The predicted octanol–water partition coefficient (Wildman–Crippen LogP) is 4.53. The second kappa shape index (κ2) is 3.71. The summed E-state index contributed by atoms with van der Waals surface area (Å²) < 4.78 is 0.183. The van der Waals surface area contributed by atoms with Crippen molar-refractivity contribution in [3.63, 3.8) is 0 Å². The van der Waals surface area contributed by atoms with Crippen LogP contribution in [0.25, 0.3) is 0 Å². The molecule has 0 saturated heterocycles. The molecule has 86 valence electrons. The Hall–Kier alpha value is -1.08. The van der Waals surface area contributed by atoms with Crippen molar-refractivity contribution in [2.75, 3.05) is 0 Å². The van der Waals surface area contributed by atoms with Crippen molar-refractivity contribution in [2.24, 2.45) is 0 Å². The molecule has 0 radical (unpaired) electrons. The van der Waals surface area contributed by atoms with Gasteiger partial charge in [-0.2, -0.15) is 0 Å². The number of hydrogen-bond acceptors (Lipinski definition) is 0. The van der Waals surface area contributed by atoms with Gasteiger partial charge in [0.1, 0.15) is 0 Å². The average Bonchev–Trinajstić information content (AvgIpc) is 2.96. The van der Waals surface area contributed by atoms with Crippen LogP contribution in [0.4, 0.5) is 0 Å². The maximum atomic E-state index is 3.88. The molecule has 3 rings (SSSR count). The zero-order chi connectivity index (χ0) is 11.9. The van der Waals surface area contributed by atoms with Gasteiger partial charge in [-0.1, -0.05) is 76.6 Å². The van der Waals surface area contributed by atoms with Gasteiger partial charge in [-0.05, 0) is 24.5 Å². The topological polar surface area (TPSA) is 0 Å². The molecule has 0 aromatic heterocycles. The molecule has 1 atom stereocenters. The number of hydrogen-bond donors (Lipinski definition) is 0. The average molecular weight is 287 g/mol. The van der Waals surface area contributed by atoms with Crippen molar-refractivity contribution in [3.8, 4) is 0 Å². The molecular formula is C16H15Br. The maximum absolute atomic E-state index is 3.88. The van der Waals surface area contributed by atoms with Crippen LogP contribution in [0.2, 0.25) is 0 Å². The second-order valence-electron chi connectivity index (χ2n) is 5.01. The molecular weight excluding hydrogens is 272 g/mol.